The summed E-state index contributed by atoms with van der Waals surface area (Å²) in [5, 5.41) is 6.91. The van der Waals surface area contributed by atoms with Crippen molar-refractivity contribution in [1.82, 2.24) is 25.3 Å². The number of amides is 2. The fourth-order valence-corrected chi connectivity index (χ4v) is 6.75. The number of halogens is 4. The summed E-state index contributed by atoms with van der Waals surface area (Å²) in [7, 11) is 0. The minimum atomic E-state index is -4.47. The van der Waals surface area contributed by atoms with Gasteiger partial charge in [0.05, 0.1) is 11.6 Å². The van der Waals surface area contributed by atoms with Gasteiger partial charge in [0.25, 0.3) is 0 Å². The molecular formula is C36H43ClF3N5O2. The van der Waals surface area contributed by atoms with E-state index in [9.17, 15) is 22.8 Å². The Labute approximate surface area is 280 Å². The minimum absolute atomic E-state index is 0.208. The second-order valence-electron chi connectivity index (χ2n) is 12.2. The topological polar surface area (TPSA) is 67.9 Å². The van der Waals surface area contributed by atoms with Crippen molar-refractivity contribution in [3.8, 4) is 0 Å². The number of hydrogen-bond donors (Lipinski definition) is 2. The Morgan fingerprint density at radius 3 is 2.23 bits per heavy atom. The van der Waals surface area contributed by atoms with E-state index in [0.29, 0.717) is 63.8 Å². The number of carbonyl (C=O) groups is 2. The van der Waals surface area contributed by atoms with E-state index in [-0.39, 0.29) is 23.8 Å². The summed E-state index contributed by atoms with van der Waals surface area (Å²) in [5.41, 5.74) is 2.74. The van der Waals surface area contributed by atoms with Gasteiger partial charge in [-0.2, -0.15) is 13.2 Å². The third-order valence-electron chi connectivity index (χ3n) is 9.38. The number of carbonyl (C=O) groups excluding carboxylic acids is 2. The highest BCUT2D eigenvalue weighted by Crippen LogP contribution is 2.37. The second-order valence-corrected chi connectivity index (χ2v) is 12.7. The smallest absolute Gasteiger partial charge is 0.343 e. The summed E-state index contributed by atoms with van der Waals surface area (Å²) < 4.78 is 42.3. The first-order chi connectivity index (χ1) is 22.6. The van der Waals surface area contributed by atoms with Crippen LogP contribution in [-0.4, -0.2) is 84.4 Å². The molecule has 3 aromatic rings. The number of hydrogen-bond acceptors (Lipinski definition) is 5. The molecule has 3 aromatic carbocycles. The monoisotopic (exact) mass is 669 g/mol. The maximum Gasteiger partial charge on any atom is 0.416 e. The summed E-state index contributed by atoms with van der Waals surface area (Å²) in [4.78, 5) is 33.5. The molecule has 0 radical (unpaired) electrons. The SMILES string of the molecule is CCN(CC)CC(c1ccccc1C(F)(F)F)N1CCN(C(=O)[C@@H](Cc2ccc(Cl)cc2)NC(=O)[C@H]2Cc3ccccc3CN2)CC1. The highest BCUT2D eigenvalue weighted by molar-refractivity contribution is 6.30. The molecule has 2 amide bonds. The fraction of sp³-hybridized carbons (Fsp3) is 0.444. The van der Waals surface area contributed by atoms with E-state index < -0.39 is 29.9 Å². The summed E-state index contributed by atoms with van der Waals surface area (Å²) in [5.74, 6) is -0.450. The number of fused-ring (bicyclic) bond motifs is 1. The van der Waals surface area contributed by atoms with E-state index >= 15 is 0 Å². The van der Waals surface area contributed by atoms with Crippen LogP contribution in [-0.2, 0) is 35.2 Å². The molecule has 1 fully saturated rings. The molecule has 2 aliphatic rings. The van der Waals surface area contributed by atoms with Crippen molar-refractivity contribution in [2.75, 3.05) is 45.8 Å². The number of rotatable bonds is 11. The van der Waals surface area contributed by atoms with Crippen molar-refractivity contribution in [2.24, 2.45) is 0 Å². The lowest BCUT2D eigenvalue weighted by molar-refractivity contribution is -0.139. The van der Waals surface area contributed by atoms with Crippen LogP contribution in [0.2, 0.25) is 5.02 Å². The van der Waals surface area contributed by atoms with E-state index in [2.05, 4.69) is 20.4 Å². The Morgan fingerprint density at radius 1 is 0.936 bits per heavy atom. The molecule has 1 saturated heterocycles. The van der Waals surface area contributed by atoms with Gasteiger partial charge in [-0.05, 0) is 60.0 Å². The van der Waals surface area contributed by atoms with Crippen molar-refractivity contribution < 1.29 is 22.8 Å². The van der Waals surface area contributed by atoms with E-state index in [1.165, 1.54) is 6.07 Å². The Hall–Kier alpha value is -3.44. The first kappa shape index (κ1) is 34.9. The van der Waals surface area contributed by atoms with Crippen molar-refractivity contribution >= 4 is 23.4 Å². The molecular weight excluding hydrogens is 627 g/mol. The number of piperazine rings is 1. The third-order valence-corrected chi connectivity index (χ3v) is 9.63. The van der Waals surface area contributed by atoms with Crippen LogP contribution < -0.4 is 10.6 Å². The lowest BCUT2D eigenvalue weighted by Crippen LogP contribution is -2.58. The molecule has 0 aromatic heterocycles. The molecule has 0 bridgehead atoms. The molecule has 11 heteroatoms. The van der Waals surface area contributed by atoms with Gasteiger partial charge in [0.15, 0.2) is 0 Å². The van der Waals surface area contributed by atoms with E-state index in [1.807, 2.05) is 50.2 Å². The maximum atomic E-state index is 14.1. The van der Waals surface area contributed by atoms with Crippen molar-refractivity contribution in [3.05, 3.63) is 106 Å². The molecule has 2 aliphatic heterocycles. The Kier molecular flexibility index (Phi) is 11.6. The van der Waals surface area contributed by atoms with Gasteiger partial charge < -0.3 is 20.4 Å². The van der Waals surface area contributed by atoms with Crippen molar-refractivity contribution in [1.29, 1.82) is 0 Å². The Morgan fingerprint density at radius 2 is 1.57 bits per heavy atom. The normalized spacial score (nSPS) is 18.4. The lowest BCUT2D eigenvalue weighted by atomic mass is 9.95. The molecule has 0 aliphatic carbocycles. The van der Waals surface area contributed by atoms with Crippen LogP contribution in [0.15, 0.2) is 72.8 Å². The van der Waals surface area contributed by atoms with Gasteiger partial charge in [0.1, 0.15) is 6.04 Å². The van der Waals surface area contributed by atoms with Crippen LogP contribution in [0.25, 0.3) is 0 Å². The average molecular weight is 670 g/mol. The van der Waals surface area contributed by atoms with Gasteiger partial charge in [-0.25, -0.2) is 0 Å². The number of benzene rings is 3. The van der Waals surface area contributed by atoms with Crippen molar-refractivity contribution in [3.63, 3.8) is 0 Å². The van der Waals surface area contributed by atoms with E-state index in [0.717, 1.165) is 22.8 Å². The molecule has 3 atom stereocenters. The summed E-state index contributed by atoms with van der Waals surface area (Å²) in [6.07, 6.45) is -3.66. The molecule has 5 rings (SSSR count). The highest BCUT2D eigenvalue weighted by atomic mass is 35.5. The Balaban J connectivity index is 1.32. The van der Waals surface area contributed by atoms with Gasteiger partial charge in [-0.15, -0.1) is 0 Å². The predicted octanol–water partition coefficient (Wildman–Crippen LogP) is 5.33. The van der Waals surface area contributed by atoms with Crippen LogP contribution >= 0.6 is 11.6 Å². The first-order valence-electron chi connectivity index (χ1n) is 16.3. The Bertz CT molecular complexity index is 1510. The van der Waals surface area contributed by atoms with Crippen LogP contribution in [0.5, 0.6) is 0 Å². The molecule has 0 saturated carbocycles. The number of nitrogens with zero attached hydrogens (tertiary/aromatic N) is 3. The maximum absolute atomic E-state index is 14.1. The largest absolute Gasteiger partial charge is 0.416 e. The number of alkyl halides is 3. The van der Waals surface area contributed by atoms with Gasteiger partial charge in [0.2, 0.25) is 11.8 Å². The van der Waals surface area contributed by atoms with E-state index in [1.54, 1.807) is 29.2 Å². The molecule has 1 unspecified atom stereocenters. The number of nitrogens with one attached hydrogen (secondary N) is 2. The molecule has 2 heterocycles. The molecule has 0 spiro atoms. The zero-order chi connectivity index (χ0) is 33.6. The zero-order valence-corrected chi connectivity index (χ0v) is 27.7. The lowest BCUT2D eigenvalue weighted by Gasteiger charge is -2.42. The highest BCUT2D eigenvalue weighted by Gasteiger charge is 2.38. The molecule has 252 valence electrons. The van der Waals surface area contributed by atoms with Gasteiger partial charge in [-0.1, -0.05) is 80.0 Å². The summed E-state index contributed by atoms with van der Waals surface area (Å²) in [6.45, 7) is 7.94. The van der Waals surface area contributed by atoms with Gasteiger partial charge in [-0.3, -0.25) is 14.5 Å². The number of likely N-dealkylation sites (N-methyl/N-ethyl adjacent to an activating group) is 1. The first-order valence-corrected chi connectivity index (χ1v) is 16.7. The van der Waals surface area contributed by atoms with Crippen LogP contribution in [0.1, 0.15) is 47.7 Å². The second kappa shape index (κ2) is 15.6. The molecule has 7 nitrogen and oxygen atoms in total. The minimum Gasteiger partial charge on any atom is -0.343 e. The standard InChI is InChI=1S/C36H43ClF3N5O2/c1-3-43(4-2)24-33(29-11-7-8-12-30(29)36(38,39)40)44-17-19-45(20-18-44)35(47)32(21-25-13-15-28(37)16-14-25)42-34(46)31-22-26-9-5-6-10-27(26)23-41-31/h5-16,31-33,41H,3-4,17-24H2,1-2H3,(H,42,46)/t31-,32-,33?/m1/s1. The van der Waals surface area contributed by atoms with Crippen LogP contribution in [0, 0.1) is 0 Å². The molecule has 2 N–H and O–H groups in total. The third kappa shape index (κ3) is 8.73. The fourth-order valence-electron chi connectivity index (χ4n) is 6.63. The quantitative estimate of drug-likeness (QED) is 0.289. The van der Waals surface area contributed by atoms with Gasteiger partial charge >= 0.3 is 6.18 Å². The molecule has 47 heavy (non-hydrogen) atoms. The average Bonchev–Trinajstić information content (AvgIpc) is 3.08. The predicted molar refractivity (Wildman–Crippen MR) is 178 cm³/mol. The van der Waals surface area contributed by atoms with Crippen LogP contribution in [0.4, 0.5) is 13.2 Å². The van der Waals surface area contributed by atoms with Gasteiger partial charge in [0, 0.05) is 56.8 Å². The van der Waals surface area contributed by atoms with Crippen molar-refractivity contribution in [2.45, 2.75) is 57.5 Å². The zero-order valence-electron chi connectivity index (χ0n) is 26.9. The van der Waals surface area contributed by atoms with Crippen LogP contribution in [0.3, 0.4) is 0 Å². The summed E-state index contributed by atoms with van der Waals surface area (Å²) in [6, 6.07) is 19.2. The summed E-state index contributed by atoms with van der Waals surface area (Å²) >= 11 is 6.10. The van der Waals surface area contributed by atoms with E-state index in [4.69, 9.17) is 11.6 Å².